The van der Waals surface area contributed by atoms with Crippen molar-refractivity contribution in [3.63, 3.8) is 0 Å². The van der Waals surface area contributed by atoms with Gasteiger partial charge in [0.2, 0.25) is 0 Å². The molecule has 2 aliphatic carbocycles. The van der Waals surface area contributed by atoms with E-state index in [2.05, 4.69) is 47.0 Å². The Morgan fingerprint density at radius 2 is 1.90 bits per heavy atom. The Balaban J connectivity index is 1.34. The zero-order valence-corrected chi connectivity index (χ0v) is 18.1. The SMILES string of the molecule is Cc1ccc(CC(=O)CCc2nnn(CCC3CCCCC3)c2C2CC2)c(C)c1. The molecule has 2 saturated carbocycles. The molecule has 2 fully saturated rings. The van der Waals surface area contributed by atoms with Crippen molar-refractivity contribution in [3.05, 3.63) is 46.3 Å². The summed E-state index contributed by atoms with van der Waals surface area (Å²) < 4.78 is 2.18. The zero-order chi connectivity index (χ0) is 20.2. The van der Waals surface area contributed by atoms with Crippen molar-refractivity contribution in [2.45, 2.75) is 96.9 Å². The molecule has 29 heavy (non-hydrogen) atoms. The van der Waals surface area contributed by atoms with E-state index in [9.17, 15) is 4.79 Å². The summed E-state index contributed by atoms with van der Waals surface area (Å²) in [5.41, 5.74) is 6.02. The molecule has 1 aromatic carbocycles. The number of nitrogens with zero attached hydrogens (tertiary/aromatic N) is 3. The first kappa shape index (κ1) is 20.3. The molecule has 0 saturated heterocycles. The van der Waals surface area contributed by atoms with Crippen molar-refractivity contribution < 1.29 is 4.79 Å². The van der Waals surface area contributed by atoms with E-state index in [4.69, 9.17) is 0 Å². The van der Waals surface area contributed by atoms with E-state index in [-0.39, 0.29) is 0 Å². The molecule has 0 radical (unpaired) electrons. The number of hydrogen-bond donors (Lipinski definition) is 0. The van der Waals surface area contributed by atoms with Gasteiger partial charge in [-0.2, -0.15) is 0 Å². The molecule has 0 bridgehead atoms. The van der Waals surface area contributed by atoms with Crippen molar-refractivity contribution in [2.75, 3.05) is 0 Å². The van der Waals surface area contributed by atoms with Gasteiger partial charge in [-0.1, -0.05) is 61.1 Å². The van der Waals surface area contributed by atoms with Crippen LogP contribution in [-0.2, 0) is 24.2 Å². The van der Waals surface area contributed by atoms with Gasteiger partial charge in [0, 0.05) is 31.7 Å². The fraction of sp³-hybridized carbons (Fsp3) is 0.640. The number of rotatable bonds is 9. The largest absolute Gasteiger partial charge is 0.299 e. The molecule has 1 aromatic heterocycles. The summed E-state index contributed by atoms with van der Waals surface area (Å²) >= 11 is 0. The third-order valence-corrected chi connectivity index (χ3v) is 6.81. The minimum Gasteiger partial charge on any atom is -0.299 e. The number of ketones is 1. The minimum atomic E-state index is 0.301. The van der Waals surface area contributed by atoms with Gasteiger partial charge in [-0.3, -0.25) is 4.79 Å². The number of carbonyl (C=O) groups is 1. The van der Waals surface area contributed by atoms with Gasteiger partial charge >= 0.3 is 0 Å². The number of aromatic nitrogens is 3. The highest BCUT2D eigenvalue weighted by atomic mass is 16.1. The van der Waals surface area contributed by atoms with Crippen LogP contribution in [0.2, 0.25) is 0 Å². The van der Waals surface area contributed by atoms with Gasteiger partial charge in [0.25, 0.3) is 0 Å². The van der Waals surface area contributed by atoms with Crippen LogP contribution in [0.25, 0.3) is 0 Å². The average molecular weight is 394 g/mol. The number of hydrogen-bond acceptors (Lipinski definition) is 3. The summed E-state index contributed by atoms with van der Waals surface area (Å²) in [4.78, 5) is 12.6. The van der Waals surface area contributed by atoms with Crippen LogP contribution in [0, 0.1) is 19.8 Å². The fourth-order valence-corrected chi connectivity index (χ4v) is 4.89. The van der Waals surface area contributed by atoms with Gasteiger partial charge in [-0.05, 0) is 50.2 Å². The van der Waals surface area contributed by atoms with Gasteiger partial charge in [-0.25, -0.2) is 4.68 Å². The van der Waals surface area contributed by atoms with Crippen LogP contribution in [0.3, 0.4) is 0 Å². The van der Waals surface area contributed by atoms with Crippen LogP contribution in [-0.4, -0.2) is 20.8 Å². The molecule has 4 rings (SSSR count). The normalized spacial score (nSPS) is 17.6. The topological polar surface area (TPSA) is 47.8 Å². The molecule has 0 spiro atoms. The number of benzene rings is 1. The van der Waals surface area contributed by atoms with Crippen molar-refractivity contribution in [3.8, 4) is 0 Å². The molecule has 0 aliphatic heterocycles. The third kappa shape index (κ3) is 5.34. The number of aryl methyl sites for hydroxylation is 4. The maximum absolute atomic E-state index is 12.6. The summed E-state index contributed by atoms with van der Waals surface area (Å²) in [5.74, 6) is 1.79. The van der Waals surface area contributed by atoms with Crippen LogP contribution in [0.5, 0.6) is 0 Å². The molecule has 0 amide bonds. The first-order chi connectivity index (χ1) is 14.1. The van der Waals surface area contributed by atoms with Crippen LogP contribution in [0.15, 0.2) is 18.2 Å². The Bertz CT molecular complexity index is 844. The van der Waals surface area contributed by atoms with Crippen LogP contribution in [0.1, 0.15) is 91.8 Å². The first-order valence-corrected chi connectivity index (χ1v) is 11.6. The quantitative estimate of drug-likeness (QED) is 0.566. The van der Waals surface area contributed by atoms with E-state index in [0.717, 1.165) is 30.1 Å². The summed E-state index contributed by atoms with van der Waals surface area (Å²) in [7, 11) is 0. The van der Waals surface area contributed by atoms with E-state index in [1.165, 1.54) is 68.2 Å². The second kappa shape index (κ2) is 9.23. The van der Waals surface area contributed by atoms with Crippen molar-refractivity contribution in [1.29, 1.82) is 0 Å². The predicted octanol–water partition coefficient (Wildman–Crippen LogP) is 5.49. The van der Waals surface area contributed by atoms with Crippen LogP contribution < -0.4 is 0 Å². The lowest BCUT2D eigenvalue weighted by atomic mass is 9.87. The van der Waals surface area contributed by atoms with E-state index in [0.29, 0.717) is 24.5 Å². The van der Waals surface area contributed by atoms with E-state index in [1.54, 1.807) is 0 Å². The molecule has 4 heteroatoms. The molecule has 4 nitrogen and oxygen atoms in total. The third-order valence-electron chi connectivity index (χ3n) is 6.81. The molecule has 0 atom stereocenters. The highest BCUT2D eigenvalue weighted by molar-refractivity contribution is 5.81. The van der Waals surface area contributed by atoms with Gasteiger partial charge in [0.05, 0.1) is 11.4 Å². The second-order valence-electron chi connectivity index (χ2n) is 9.36. The molecule has 1 heterocycles. The standard InChI is InChI=1S/C25H35N3O/c1-18-8-9-22(19(2)16-18)17-23(29)12-13-24-25(21-10-11-21)28(27-26-24)15-14-20-6-4-3-5-7-20/h8-9,16,20-21H,3-7,10-15,17H2,1-2H3. The van der Waals surface area contributed by atoms with E-state index in [1.807, 2.05) is 0 Å². The summed E-state index contributed by atoms with van der Waals surface area (Å²) in [6.07, 6.45) is 12.5. The van der Waals surface area contributed by atoms with Crippen LogP contribution in [0.4, 0.5) is 0 Å². The molecular weight excluding hydrogens is 358 g/mol. The van der Waals surface area contributed by atoms with Gasteiger partial charge < -0.3 is 0 Å². The van der Waals surface area contributed by atoms with Gasteiger partial charge in [0.1, 0.15) is 5.78 Å². The number of Topliss-reactive ketones (excluding diaryl/α,β-unsaturated/α-hetero) is 1. The highest BCUT2D eigenvalue weighted by Crippen LogP contribution is 2.41. The molecule has 156 valence electrons. The monoisotopic (exact) mass is 393 g/mol. The van der Waals surface area contributed by atoms with Crippen LogP contribution >= 0.6 is 0 Å². The Labute approximate surface area is 175 Å². The second-order valence-corrected chi connectivity index (χ2v) is 9.36. The van der Waals surface area contributed by atoms with E-state index < -0.39 is 0 Å². The summed E-state index contributed by atoms with van der Waals surface area (Å²) in [5, 5.41) is 9.01. The summed E-state index contributed by atoms with van der Waals surface area (Å²) in [6.45, 7) is 5.19. The Morgan fingerprint density at radius 3 is 2.62 bits per heavy atom. The maximum Gasteiger partial charge on any atom is 0.137 e. The fourth-order valence-electron chi connectivity index (χ4n) is 4.89. The molecule has 2 aliphatic rings. The molecule has 0 unspecified atom stereocenters. The Kier molecular flexibility index (Phi) is 6.46. The lowest BCUT2D eigenvalue weighted by Gasteiger charge is -2.21. The lowest BCUT2D eigenvalue weighted by molar-refractivity contribution is -0.118. The molecule has 2 aromatic rings. The van der Waals surface area contributed by atoms with Crippen molar-refractivity contribution in [1.82, 2.24) is 15.0 Å². The van der Waals surface area contributed by atoms with Gasteiger partial charge in [-0.15, -0.1) is 5.10 Å². The smallest absolute Gasteiger partial charge is 0.137 e. The maximum atomic E-state index is 12.6. The first-order valence-electron chi connectivity index (χ1n) is 11.6. The molecule has 0 N–H and O–H groups in total. The highest BCUT2D eigenvalue weighted by Gasteiger charge is 2.31. The van der Waals surface area contributed by atoms with Gasteiger partial charge in [0.15, 0.2) is 0 Å². The lowest BCUT2D eigenvalue weighted by Crippen LogP contribution is -2.13. The average Bonchev–Trinajstić information content (AvgIpc) is 3.48. The molecular formula is C25H35N3O. The van der Waals surface area contributed by atoms with Crippen molar-refractivity contribution >= 4 is 5.78 Å². The number of carbonyl (C=O) groups excluding carboxylic acids is 1. The van der Waals surface area contributed by atoms with E-state index >= 15 is 0 Å². The minimum absolute atomic E-state index is 0.301. The Morgan fingerprint density at radius 1 is 1.10 bits per heavy atom. The Hall–Kier alpha value is -1.97. The van der Waals surface area contributed by atoms with Crippen molar-refractivity contribution in [2.24, 2.45) is 5.92 Å². The predicted molar refractivity (Wildman–Crippen MR) is 116 cm³/mol. The summed E-state index contributed by atoms with van der Waals surface area (Å²) in [6, 6.07) is 6.35. The zero-order valence-electron chi connectivity index (χ0n) is 18.1.